The number of rotatable bonds is 7. The van der Waals surface area contributed by atoms with Crippen molar-refractivity contribution in [3.8, 4) is 0 Å². The van der Waals surface area contributed by atoms with Crippen molar-refractivity contribution >= 4 is 33.4 Å². The second kappa shape index (κ2) is 8.63. The molecule has 160 valence electrons. The summed E-state index contributed by atoms with van der Waals surface area (Å²) in [6, 6.07) is 16.1. The first kappa shape index (κ1) is 20.7. The highest BCUT2D eigenvalue weighted by Gasteiger charge is 2.15. The summed E-state index contributed by atoms with van der Waals surface area (Å²) in [5.74, 6) is 0.00650. The second-order valence-electron chi connectivity index (χ2n) is 7.95. The average Bonchev–Trinajstić information content (AvgIpc) is 3.09. The van der Waals surface area contributed by atoms with Gasteiger partial charge in [0.2, 0.25) is 5.91 Å². The molecule has 0 atom stereocenters. The van der Waals surface area contributed by atoms with Crippen LogP contribution in [0, 0.1) is 0 Å². The van der Waals surface area contributed by atoms with E-state index >= 15 is 0 Å². The summed E-state index contributed by atoms with van der Waals surface area (Å²) in [5, 5.41) is 9.01. The van der Waals surface area contributed by atoms with E-state index in [2.05, 4.69) is 10.4 Å². The maximum atomic E-state index is 12.7. The summed E-state index contributed by atoms with van der Waals surface area (Å²) in [7, 11) is 5.66. The van der Waals surface area contributed by atoms with Crippen molar-refractivity contribution in [3.63, 3.8) is 0 Å². The van der Waals surface area contributed by atoms with E-state index in [-0.39, 0.29) is 11.5 Å². The Bertz CT molecular complexity index is 1290. The molecule has 2 aromatic heterocycles. The lowest BCUT2D eigenvalue weighted by Crippen LogP contribution is -2.23. The Labute approximate surface area is 180 Å². The smallest absolute Gasteiger partial charge is 0.291 e. The van der Waals surface area contributed by atoms with Gasteiger partial charge in [-0.2, -0.15) is 5.10 Å². The molecule has 1 N–H and O–H groups in total. The third-order valence-electron chi connectivity index (χ3n) is 5.59. The van der Waals surface area contributed by atoms with Gasteiger partial charge in [-0.3, -0.25) is 9.59 Å². The molecule has 0 saturated carbocycles. The number of aromatic nitrogens is 3. The predicted molar refractivity (Wildman–Crippen MR) is 124 cm³/mol. The van der Waals surface area contributed by atoms with E-state index < -0.39 is 0 Å². The van der Waals surface area contributed by atoms with Gasteiger partial charge < -0.3 is 14.8 Å². The molecule has 2 heterocycles. The van der Waals surface area contributed by atoms with E-state index in [1.165, 1.54) is 4.68 Å². The van der Waals surface area contributed by atoms with E-state index in [1.807, 2.05) is 72.1 Å². The summed E-state index contributed by atoms with van der Waals surface area (Å²) in [6.07, 6.45) is 2.78. The molecular weight excluding hydrogens is 390 g/mol. The van der Waals surface area contributed by atoms with Gasteiger partial charge in [-0.15, -0.1) is 0 Å². The van der Waals surface area contributed by atoms with Gasteiger partial charge in [-0.1, -0.05) is 30.3 Å². The molecule has 2 aromatic carbocycles. The van der Waals surface area contributed by atoms with Gasteiger partial charge in [0, 0.05) is 62.6 Å². The highest BCUT2D eigenvalue weighted by molar-refractivity contribution is 6.07. The monoisotopic (exact) mass is 417 g/mol. The summed E-state index contributed by atoms with van der Waals surface area (Å²) >= 11 is 0. The first-order chi connectivity index (χ1) is 15.0. The summed E-state index contributed by atoms with van der Waals surface area (Å²) in [4.78, 5) is 27.1. The highest BCUT2D eigenvalue weighted by Crippen LogP contribution is 2.26. The van der Waals surface area contributed by atoms with E-state index in [0.717, 1.165) is 27.5 Å². The number of nitrogens with zero attached hydrogens (tertiary/aromatic N) is 4. The van der Waals surface area contributed by atoms with Crippen molar-refractivity contribution in [2.75, 3.05) is 19.0 Å². The third kappa shape index (κ3) is 4.17. The van der Waals surface area contributed by atoms with Crippen LogP contribution in [0.15, 0.2) is 59.5 Å². The molecule has 0 unspecified atom stereocenters. The quantitative estimate of drug-likeness (QED) is 0.502. The fourth-order valence-electron chi connectivity index (χ4n) is 3.87. The molecule has 1 amide bonds. The summed E-state index contributed by atoms with van der Waals surface area (Å²) < 4.78 is 3.37. The number of hydrogen-bond acceptors (Lipinski definition) is 4. The Kier molecular flexibility index (Phi) is 5.75. The van der Waals surface area contributed by atoms with Crippen molar-refractivity contribution in [2.24, 2.45) is 7.05 Å². The topological polar surface area (TPSA) is 72.2 Å². The number of carbonyl (C=O) groups excluding carboxylic acids is 1. The molecule has 0 fully saturated rings. The first-order valence-corrected chi connectivity index (χ1v) is 10.4. The van der Waals surface area contributed by atoms with E-state index in [4.69, 9.17) is 0 Å². The average molecular weight is 418 g/mol. The van der Waals surface area contributed by atoms with Crippen LogP contribution in [0.5, 0.6) is 0 Å². The molecule has 31 heavy (non-hydrogen) atoms. The van der Waals surface area contributed by atoms with Crippen molar-refractivity contribution in [2.45, 2.75) is 25.9 Å². The fourth-order valence-corrected chi connectivity index (χ4v) is 3.87. The third-order valence-corrected chi connectivity index (χ3v) is 5.59. The SMILES string of the molecule is CN(C)c1ccc(CNC(=O)CCCn2c3ccccc3c3cnn(C)c(=O)c32)cc1. The molecular formula is C24H27N5O2. The number of anilines is 1. The van der Waals surface area contributed by atoms with Crippen LogP contribution in [0.25, 0.3) is 21.8 Å². The number of amides is 1. The van der Waals surface area contributed by atoms with Gasteiger partial charge in [0.05, 0.1) is 6.20 Å². The van der Waals surface area contributed by atoms with Gasteiger partial charge in [0.1, 0.15) is 5.52 Å². The van der Waals surface area contributed by atoms with E-state index in [9.17, 15) is 9.59 Å². The van der Waals surface area contributed by atoms with Crippen LogP contribution in [0.1, 0.15) is 18.4 Å². The molecule has 7 heteroatoms. The van der Waals surface area contributed by atoms with E-state index in [1.54, 1.807) is 13.2 Å². The zero-order valence-electron chi connectivity index (χ0n) is 18.1. The molecule has 0 spiro atoms. The lowest BCUT2D eigenvalue weighted by atomic mass is 10.2. The minimum absolute atomic E-state index is 0.00650. The van der Waals surface area contributed by atoms with E-state index in [0.29, 0.717) is 31.4 Å². The highest BCUT2D eigenvalue weighted by atomic mass is 16.1. The van der Waals surface area contributed by atoms with Crippen molar-refractivity contribution < 1.29 is 4.79 Å². The minimum Gasteiger partial charge on any atom is -0.378 e. The van der Waals surface area contributed by atoms with Gasteiger partial charge >= 0.3 is 0 Å². The number of aryl methyl sites for hydroxylation is 2. The molecule has 0 radical (unpaired) electrons. The van der Waals surface area contributed by atoms with Crippen LogP contribution in [0.2, 0.25) is 0 Å². The molecule has 0 saturated heterocycles. The van der Waals surface area contributed by atoms with Crippen LogP contribution in [0.4, 0.5) is 5.69 Å². The number of fused-ring (bicyclic) bond motifs is 3. The maximum absolute atomic E-state index is 12.7. The Balaban J connectivity index is 1.43. The van der Waals surface area contributed by atoms with Crippen LogP contribution >= 0.6 is 0 Å². The molecule has 0 aliphatic carbocycles. The molecule has 0 bridgehead atoms. The van der Waals surface area contributed by atoms with Gasteiger partial charge in [0.25, 0.3) is 5.56 Å². The normalized spacial score (nSPS) is 11.2. The van der Waals surface area contributed by atoms with Crippen molar-refractivity contribution in [1.29, 1.82) is 0 Å². The number of para-hydroxylation sites is 1. The molecule has 4 rings (SSSR count). The van der Waals surface area contributed by atoms with Crippen molar-refractivity contribution in [1.82, 2.24) is 19.7 Å². The summed E-state index contributed by atoms with van der Waals surface area (Å²) in [6.45, 7) is 1.10. The molecule has 0 aliphatic rings. The van der Waals surface area contributed by atoms with Crippen LogP contribution in [-0.4, -0.2) is 34.4 Å². The fraction of sp³-hybridized carbons (Fsp3) is 0.292. The maximum Gasteiger partial charge on any atom is 0.291 e. The Morgan fingerprint density at radius 1 is 1.06 bits per heavy atom. The van der Waals surface area contributed by atoms with Crippen LogP contribution in [-0.2, 0) is 24.9 Å². The van der Waals surface area contributed by atoms with Crippen molar-refractivity contribution in [3.05, 3.63) is 70.6 Å². The standard InChI is InChI=1S/C24H27N5O2/c1-27(2)18-12-10-17(11-13-18)15-25-22(30)9-6-14-29-21-8-5-4-7-19(21)20-16-26-28(3)24(31)23(20)29/h4-5,7-8,10-13,16H,6,9,14-15H2,1-3H3,(H,25,30). The minimum atomic E-state index is -0.126. The number of carbonyl (C=O) groups is 1. The summed E-state index contributed by atoms with van der Waals surface area (Å²) in [5.41, 5.74) is 3.70. The number of hydrogen-bond donors (Lipinski definition) is 1. The zero-order chi connectivity index (χ0) is 22.0. The first-order valence-electron chi connectivity index (χ1n) is 10.4. The van der Waals surface area contributed by atoms with Gasteiger partial charge in [-0.25, -0.2) is 4.68 Å². The Morgan fingerprint density at radius 3 is 2.55 bits per heavy atom. The van der Waals surface area contributed by atoms with Gasteiger partial charge in [-0.05, 0) is 30.2 Å². The molecule has 0 aliphatic heterocycles. The predicted octanol–water partition coefficient (Wildman–Crippen LogP) is 3.05. The number of nitrogens with one attached hydrogen (secondary N) is 1. The zero-order valence-corrected chi connectivity index (χ0v) is 18.1. The Hall–Kier alpha value is -3.61. The second-order valence-corrected chi connectivity index (χ2v) is 7.95. The largest absolute Gasteiger partial charge is 0.378 e. The Morgan fingerprint density at radius 2 is 1.81 bits per heavy atom. The van der Waals surface area contributed by atoms with Gasteiger partial charge in [0.15, 0.2) is 0 Å². The van der Waals surface area contributed by atoms with Crippen LogP contribution in [0.3, 0.4) is 0 Å². The number of benzene rings is 2. The lowest BCUT2D eigenvalue weighted by molar-refractivity contribution is -0.121. The van der Waals surface area contributed by atoms with Crippen LogP contribution < -0.4 is 15.8 Å². The lowest BCUT2D eigenvalue weighted by Gasteiger charge is -2.13. The molecule has 7 nitrogen and oxygen atoms in total. The molecule has 4 aromatic rings.